The normalized spacial score (nSPS) is 14.6. The summed E-state index contributed by atoms with van der Waals surface area (Å²) in [4.78, 5) is 10.7. The van der Waals surface area contributed by atoms with Gasteiger partial charge in [-0.05, 0) is 84.3 Å². The molecule has 0 saturated heterocycles. The lowest BCUT2D eigenvalue weighted by molar-refractivity contribution is 0.178. The van der Waals surface area contributed by atoms with Gasteiger partial charge in [-0.3, -0.25) is 9.97 Å². The Bertz CT molecular complexity index is 1530. The first-order valence-corrected chi connectivity index (χ1v) is 12.5. The van der Waals surface area contributed by atoms with E-state index in [1.54, 1.807) is 12.4 Å². The second-order valence-corrected chi connectivity index (χ2v) is 9.86. The van der Waals surface area contributed by atoms with E-state index in [9.17, 15) is 5.11 Å². The number of aryl methyl sites for hydroxylation is 1. The molecule has 36 heavy (non-hydrogen) atoms. The Morgan fingerprint density at radius 1 is 0.917 bits per heavy atom. The molecule has 1 N–H and O–H groups in total. The van der Waals surface area contributed by atoms with Crippen molar-refractivity contribution in [2.24, 2.45) is 0 Å². The summed E-state index contributed by atoms with van der Waals surface area (Å²) >= 11 is 0. The first-order valence-electron chi connectivity index (χ1n) is 12.5. The van der Waals surface area contributed by atoms with Crippen LogP contribution in [-0.2, 0) is 19.4 Å². The summed E-state index contributed by atoms with van der Waals surface area (Å²) in [5.41, 5.74) is 10.7. The van der Waals surface area contributed by atoms with E-state index in [2.05, 4.69) is 81.9 Å². The van der Waals surface area contributed by atoms with Gasteiger partial charge in [0.25, 0.3) is 0 Å². The fraction of sp³-hybridized carbons (Fsp3) is 0.226. The van der Waals surface area contributed by atoms with Crippen LogP contribution in [0.1, 0.15) is 34.1 Å². The van der Waals surface area contributed by atoms with Crippen molar-refractivity contribution in [3.8, 4) is 16.8 Å². The number of rotatable bonds is 5. The molecule has 5 aromatic rings. The molecular formula is C31H30N4O. The summed E-state index contributed by atoms with van der Waals surface area (Å²) in [7, 11) is 2.19. The molecule has 1 unspecified atom stereocenters. The Kier molecular flexibility index (Phi) is 5.88. The Balaban J connectivity index is 1.56. The lowest BCUT2D eigenvalue weighted by Gasteiger charge is -2.24. The second-order valence-electron chi connectivity index (χ2n) is 9.86. The van der Waals surface area contributed by atoms with Gasteiger partial charge in [0, 0.05) is 67.5 Å². The van der Waals surface area contributed by atoms with Crippen LogP contribution in [0.15, 0.2) is 85.5 Å². The number of aliphatic hydroxyl groups is 1. The van der Waals surface area contributed by atoms with Gasteiger partial charge in [0.05, 0.1) is 11.6 Å². The molecule has 1 atom stereocenters. The van der Waals surface area contributed by atoms with Crippen LogP contribution in [0.4, 0.5) is 0 Å². The third-order valence-corrected chi connectivity index (χ3v) is 7.28. The van der Waals surface area contributed by atoms with Crippen LogP contribution in [0.2, 0.25) is 0 Å². The average molecular weight is 475 g/mol. The van der Waals surface area contributed by atoms with Crippen molar-refractivity contribution in [1.29, 1.82) is 0 Å². The number of pyridine rings is 2. The van der Waals surface area contributed by atoms with Crippen molar-refractivity contribution >= 4 is 10.9 Å². The number of aliphatic hydroxyl groups excluding tert-OH is 1. The largest absolute Gasteiger partial charge is 0.388 e. The molecule has 0 aliphatic carbocycles. The van der Waals surface area contributed by atoms with E-state index < -0.39 is 6.10 Å². The SMILES string of the molecule is Cc1cc(CC(O)c2ccncc2)c2c(c1)c1c(n2-c2cccc(-c3ccncc3)c2)CCN(C)C1. The summed E-state index contributed by atoms with van der Waals surface area (Å²) in [6.07, 6.45) is 8.11. The van der Waals surface area contributed by atoms with Crippen LogP contribution in [0.25, 0.3) is 27.7 Å². The molecule has 1 aliphatic rings. The van der Waals surface area contributed by atoms with E-state index in [0.717, 1.165) is 36.3 Å². The molecule has 2 aromatic carbocycles. The number of hydrogen-bond donors (Lipinski definition) is 1. The number of likely N-dealkylation sites (N-methyl/N-ethyl adjacent to an activating group) is 1. The van der Waals surface area contributed by atoms with Gasteiger partial charge >= 0.3 is 0 Å². The van der Waals surface area contributed by atoms with E-state index in [4.69, 9.17) is 0 Å². The monoisotopic (exact) mass is 474 g/mol. The standard InChI is InChI=1S/C31H30N4O/c1-21-16-25(19-30(36)23-8-13-33-14-9-23)31-27(17-21)28-20-34(2)15-10-29(28)35(31)26-5-3-4-24(18-26)22-6-11-32-12-7-22/h3-9,11-14,16-18,30,36H,10,15,19-20H2,1-2H3. The number of hydrogen-bond acceptors (Lipinski definition) is 4. The predicted molar refractivity (Wildman–Crippen MR) is 144 cm³/mol. The molecular weight excluding hydrogens is 444 g/mol. The van der Waals surface area contributed by atoms with Gasteiger partial charge in [0.1, 0.15) is 0 Å². The van der Waals surface area contributed by atoms with Crippen LogP contribution >= 0.6 is 0 Å². The molecule has 0 radical (unpaired) electrons. The zero-order chi connectivity index (χ0) is 24.6. The maximum absolute atomic E-state index is 11.2. The van der Waals surface area contributed by atoms with Crippen LogP contribution in [0, 0.1) is 6.92 Å². The number of aromatic nitrogens is 3. The fourth-order valence-electron chi connectivity index (χ4n) is 5.58. The van der Waals surface area contributed by atoms with Crippen molar-refractivity contribution in [2.45, 2.75) is 32.4 Å². The molecule has 5 nitrogen and oxygen atoms in total. The Labute approximate surface area is 211 Å². The van der Waals surface area contributed by atoms with E-state index in [-0.39, 0.29) is 0 Å². The first kappa shape index (κ1) is 22.7. The first-order chi connectivity index (χ1) is 17.6. The van der Waals surface area contributed by atoms with Crippen LogP contribution in [0.5, 0.6) is 0 Å². The Hall–Kier alpha value is -3.80. The molecule has 1 aliphatic heterocycles. The van der Waals surface area contributed by atoms with E-state index in [1.807, 2.05) is 24.5 Å². The van der Waals surface area contributed by atoms with Gasteiger partial charge in [-0.15, -0.1) is 0 Å². The third kappa shape index (κ3) is 4.11. The lowest BCUT2D eigenvalue weighted by Crippen LogP contribution is -2.27. The number of nitrogens with zero attached hydrogens (tertiary/aromatic N) is 4. The molecule has 0 fully saturated rings. The van der Waals surface area contributed by atoms with Crippen LogP contribution in [-0.4, -0.2) is 38.1 Å². The molecule has 0 spiro atoms. The van der Waals surface area contributed by atoms with Gasteiger partial charge < -0.3 is 14.6 Å². The average Bonchev–Trinajstić information content (AvgIpc) is 3.23. The summed E-state index contributed by atoms with van der Waals surface area (Å²) in [6, 6.07) is 21.2. The topological polar surface area (TPSA) is 54.2 Å². The van der Waals surface area contributed by atoms with Gasteiger partial charge in [-0.2, -0.15) is 0 Å². The highest BCUT2D eigenvalue weighted by Gasteiger charge is 2.26. The van der Waals surface area contributed by atoms with Crippen molar-refractivity contribution in [2.75, 3.05) is 13.6 Å². The minimum atomic E-state index is -0.593. The van der Waals surface area contributed by atoms with Gasteiger partial charge in [0.2, 0.25) is 0 Å². The summed E-state index contributed by atoms with van der Waals surface area (Å²) < 4.78 is 2.45. The zero-order valence-corrected chi connectivity index (χ0v) is 20.7. The van der Waals surface area contributed by atoms with Crippen molar-refractivity contribution in [3.05, 3.63) is 113 Å². The Morgan fingerprint density at radius 2 is 1.67 bits per heavy atom. The van der Waals surface area contributed by atoms with Gasteiger partial charge in [0.15, 0.2) is 0 Å². The smallest absolute Gasteiger partial charge is 0.0832 e. The van der Waals surface area contributed by atoms with E-state index in [1.165, 1.54) is 38.9 Å². The van der Waals surface area contributed by atoms with E-state index in [0.29, 0.717) is 6.42 Å². The summed E-state index contributed by atoms with van der Waals surface area (Å²) in [5, 5.41) is 12.5. The van der Waals surface area contributed by atoms with Gasteiger partial charge in [-0.1, -0.05) is 23.8 Å². The van der Waals surface area contributed by atoms with Crippen molar-refractivity contribution in [1.82, 2.24) is 19.4 Å². The zero-order valence-electron chi connectivity index (χ0n) is 20.7. The molecule has 3 aromatic heterocycles. The lowest BCUT2D eigenvalue weighted by atomic mass is 9.96. The molecule has 5 heteroatoms. The van der Waals surface area contributed by atoms with Gasteiger partial charge in [-0.25, -0.2) is 0 Å². The van der Waals surface area contributed by atoms with Crippen LogP contribution < -0.4 is 0 Å². The molecule has 0 bridgehead atoms. The third-order valence-electron chi connectivity index (χ3n) is 7.28. The minimum absolute atomic E-state index is 0.547. The summed E-state index contributed by atoms with van der Waals surface area (Å²) in [6.45, 7) is 4.11. The highest BCUT2D eigenvalue weighted by molar-refractivity contribution is 5.91. The van der Waals surface area contributed by atoms with Crippen molar-refractivity contribution < 1.29 is 5.11 Å². The van der Waals surface area contributed by atoms with Crippen molar-refractivity contribution in [3.63, 3.8) is 0 Å². The molecule has 180 valence electrons. The van der Waals surface area contributed by atoms with Crippen LogP contribution in [0.3, 0.4) is 0 Å². The minimum Gasteiger partial charge on any atom is -0.388 e. The molecule has 0 amide bonds. The molecule has 6 rings (SSSR count). The maximum atomic E-state index is 11.2. The molecule has 4 heterocycles. The fourth-order valence-corrected chi connectivity index (χ4v) is 5.58. The quantitative estimate of drug-likeness (QED) is 0.357. The Morgan fingerprint density at radius 3 is 2.44 bits per heavy atom. The predicted octanol–water partition coefficient (Wildman–Crippen LogP) is 5.66. The second kappa shape index (κ2) is 9.34. The number of fused-ring (bicyclic) bond motifs is 3. The van der Waals surface area contributed by atoms with E-state index >= 15 is 0 Å². The number of benzene rings is 2. The highest BCUT2D eigenvalue weighted by Crippen LogP contribution is 2.38. The molecule has 0 saturated carbocycles. The maximum Gasteiger partial charge on any atom is 0.0832 e. The highest BCUT2D eigenvalue weighted by atomic mass is 16.3. The summed E-state index contributed by atoms with van der Waals surface area (Å²) in [5.74, 6) is 0.